The molecule has 0 radical (unpaired) electrons. The zero-order valence-corrected chi connectivity index (χ0v) is 12.4. The number of hydrogen-bond acceptors (Lipinski definition) is 3. The smallest absolute Gasteiger partial charge is 0.344 e. The molecular weight excluding hydrogens is 285 g/mol. The highest BCUT2D eigenvalue weighted by molar-refractivity contribution is 5.95. The molecule has 2 aromatic rings. The molecule has 4 nitrogen and oxygen atoms in total. The van der Waals surface area contributed by atoms with Crippen LogP contribution in [-0.4, -0.2) is 11.9 Å². The minimum absolute atomic E-state index is 0.0679. The van der Waals surface area contributed by atoms with Gasteiger partial charge >= 0.3 is 5.63 Å². The maximum absolute atomic E-state index is 13.3. The van der Waals surface area contributed by atoms with Crippen LogP contribution in [0.1, 0.15) is 43.2 Å². The minimum atomic E-state index is -0.625. The molecule has 0 unspecified atom stereocenters. The Morgan fingerprint density at radius 2 is 1.95 bits per heavy atom. The molecule has 3 rings (SSSR count). The Hall–Kier alpha value is -2.17. The van der Waals surface area contributed by atoms with Crippen LogP contribution in [0.3, 0.4) is 0 Å². The van der Waals surface area contributed by atoms with Crippen molar-refractivity contribution < 1.29 is 13.6 Å². The molecule has 1 amide bonds. The van der Waals surface area contributed by atoms with Gasteiger partial charge in [0.2, 0.25) is 0 Å². The van der Waals surface area contributed by atoms with Gasteiger partial charge in [0.1, 0.15) is 5.82 Å². The Kier molecular flexibility index (Phi) is 3.96. The van der Waals surface area contributed by atoms with Gasteiger partial charge in [-0.05, 0) is 61.3 Å². The van der Waals surface area contributed by atoms with Crippen LogP contribution in [0.5, 0.6) is 0 Å². The summed E-state index contributed by atoms with van der Waals surface area (Å²) >= 11 is 0. The van der Waals surface area contributed by atoms with Crippen molar-refractivity contribution in [1.82, 2.24) is 5.32 Å². The molecule has 1 heterocycles. The van der Waals surface area contributed by atoms with Crippen molar-refractivity contribution in [3.63, 3.8) is 0 Å². The average Bonchev–Trinajstić information content (AvgIpc) is 2.49. The molecule has 1 aromatic carbocycles. The monoisotopic (exact) mass is 303 g/mol. The van der Waals surface area contributed by atoms with Gasteiger partial charge in [-0.3, -0.25) is 4.79 Å². The Morgan fingerprint density at radius 3 is 2.68 bits per heavy atom. The summed E-state index contributed by atoms with van der Waals surface area (Å²) in [7, 11) is 0. The average molecular weight is 303 g/mol. The number of fused-ring (bicyclic) bond motifs is 1. The largest absolute Gasteiger partial charge is 0.417 e. The van der Waals surface area contributed by atoms with E-state index in [9.17, 15) is 14.0 Å². The third kappa shape index (κ3) is 3.03. The molecule has 1 saturated carbocycles. The van der Waals surface area contributed by atoms with Gasteiger partial charge in [0.15, 0.2) is 5.76 Å². The Bertz CT molecular complexity index is 760. The molecule has 22 heavy (non-hydrogen) atoms. The molecule has 0 bridgehead atoms. The van der Waals surface area contributed by atoms with Gasteiger partial charge in [0.05, 0.1) is 5.39 Å². The van der Waals surface area contributed by atoms with E-state index in [4.69, 9.17) is 4.42 Å². The zero-order valence-electron chi connectivity index (χ0n) is 12.4. The predicted octanol–water partition coefficient (Wildman–Crippen LogP) is 3.24. The van der Waals surface area contributed by atoms with Crippen molar-refractivity contribution in [2.24, 2.45) is 5.92 Å². The Labute approximate surface area is 127 Å². The van der Waals surface area contributed by atoms with Crippen molar-refractivity contribution >= 4 is 16.7 Å². The first-order chi connectivity index (χ1) is 10.5. The summed E-state index contributed by atoms with van der Waals surface area (Å²) in [6.07, 6.45) is 4.02. The van der Waals surface area contributed by atoms with Crippen LogP contribution in [0.25, 0.3) is 10.8 Å². The lowest BCUT2D eigenvalue weighted by atomic mass is 9.87. The van der Waals surface area contributed by atoms with Crippen molar-refractivity contribution in [2.75, 3.05) is 0 Å². The first-order valence-electron chi connectivity index (χ1n) is 7.57. The van der Waals surface area contributed by atoms with E-state index >= 15 is 0 Å². The van der Waals surface area contributed by atoms with Crippen molar-refractivity contribution in [3.8, 4) is 0 Å². The van der Waals surface area contributed by atoms with Crippen LogP contribution in [0.2, 0.25) is 0 Å². The number of hydrogen-bond donors (Lipinski definition) is 1. The molecule has 0 aliphatic heterocycles. The molecule has 0 atom stereocenters. The van der Waals surface area contributed by atoms with Crippen LogP contribution in [-0.2, 0) is 0 Å². The lowest BCUT2D eigenvalue weighted by molar-refractivity contribution is 0.0891. The first kappa shape index (κ1) is 14.8. The topological polar surface area (TPSA) is 59.3 Å². The molecule has 0 spiro atoms. The second-order valence-corrected chi connectivity index (χ2v) is 6.06. The van der Waals surface area contributed by atoms with E-state index in [0.29, 0.717) is 11.3 Å². The van der Waals surface area contributed by atoms with Gasteiger partial charge in [-0.1, -0.05) is 6.92 Å². The van der Waals surface area contributed by atoms with Gasteiger partial charge in [-0.25, -0.2) is 9.18 Å². The Balaban J connectivity index is 1.83. The van der Waals surface area contributed by atoms with E-state index in [1.165, 1.54) is 24.3 Å². The number of carbonyl (C=O) groups is 1. The normalized spacial score (nSPS) is 21.7. The second-order valence-electron chi connectivity index (χ2n) is 6.06. The highest BCUT2D eigenvalue weighted by Crippen LogP contribution is 2.23. The fraction of sp³-hybridized carbons (Fsp3) is 0.412. The number of nitrogens with one attached hydrogen (secondary N) is 1. The third-order valence-corrected chi connectivity index (χ3v) is 4.30. The third-order valence-electron chi connectivity index (χ3n) is 4.30. The lowest BCUT2D eigenvalue weighted by Gasteiger charge is -2.26. The van der Waals surface area contributed by atoms with E-state index in [-0.39, 0.29) is 17.2 Å². The summed E-state index contributed by atoms with van der Waals surface area (Å²) < 4.78 is 18.3. The van der Waals surface area contributed by atoms with Crippen LogP contribution in [0.15, 0.2) is 33.5 Å². The zero-order chi connectivity index (χ0) is 15.7. The molecule has 5 heteroatoms. The summed E-state index contributed by atoms with van der Waals surface area (Å²) in [5, 5.41) is 3.54. The molecule has 0 saturated heterocycles. The van der Waals surface area contributed by atoms with E-state index in [2.05, 4.69) is 12.2 Å². The second kappa shape index (κ2) is 5.91. The first-order valence-corrected chi connectivity index (χ1v) is 7.57. The molecule has 1 N–H and O–H groups in total. The summed E-state index contributed by atoms with van der Waals surface area (Å²) in [4.78, 5) is 24.1. The number of amides is 1. The van der Waals surface area contributed by atoms with Gasteiger partial charge < -0.3 is 9.73 Å². The molecule has 116 valence electrons. The van der Waals surface area contributed by atoms with Gasteiger partial charge in [0.25, 0.3) is 5.91 Å². The van der Waals surface area contributed by atoms with Crippen molar-refractivity contribution in [2.45, 2.75) is 38.6 Å². The molecule has 1 aliphatic carbocycles. The number of rotatable bonds is 2. The lowest BCUT2D eigenvalue weighted by Crippen LogP contribution is -2.37. The molecular formula is C17H18FNO3. The van der Waals surface area contributed by atoms with E-state index in [1.54, 1.807) is 0 Å². The molecule has 1 aliphatic rings. The highest BCUT2D eigenvalue weighted by atomic mass is 19.1. The van der Waals surface area contributed by atoms with Crippen LogP contribution in [0, 0.1) is 11.7 Å². The quantitative estimate of drug-likeness (QED) is 0.926. The Morgan fingerprint density at radius 1 is 1.23 bits per heavy atom. The van der Waals surface area contributed by atoms with E-state index < -0.39 is 17.3 Å². The summed E-state index contributed by atoms with van der Waals surface area (Å²) in [5.74, 6) is -0.245. The predicted molar refractivity (Wildman–Crippen MR) is 81.3 cm³/mol. The highest BCUT2D eigenvalue weighted by Gasteiger charge is 2.21. The van der Waals surface area contributed by atoms with Gasteiger partial charge in [-0.15, -0.1) is 0 Å². The number of benzene rings is 1. The van der Waals surface area contributed by atoms with Crippen LogP contribution in [0.4, 0.5) is 4.39 Å². The van der Waals surface area contributed by atoms with Crippen LogP contribution < -0.4 is 10.9 Å². The summed E-state index contributed by atoms with van der Waals surface area (Å²) in [6.45, 7) is 2.20. The SMILES string of the molecule is CC1CCC(NC(=O)c2cc3cc(F)ccc3c(=O)o2)CC1. The standard InChI is InChI=1S/C17H18FNO3/c1-10-2-5-13(6-3-10)19-16(20)15-9-11-8-12(18)4-7-14(11)17(21)22-15/h4,7-10,13H,2-3,5-6H2,1H3,(H,19,20). The maximum Gasteiger partial charge on any atom is 0.344 e. The fourth-order valence-corrected chi connectivity index (χ4v) is 2.94. The van der Waals surface area contributed by atoms with Crippen LogP contribution >= 0.6 is 0 Å². The van der Waals surface area contributed by atoms with E-state index in [1.807, 2.05) is 0 Å². The summed E-state index contributed by atoms with van der Waals surface area (Å²) in [5.41, 5.74) is -0.625. The molecule has 1 aromatic heterocycles. The van der Waals surface area contributed by atoms with Gasteiger partial charge in [-0.2, -0.15) is 0 Å². The van der Waals surface area contributed by atoms with Crippen molar-refractivity contribution in [3.05, 3.63) is 46.3 Å². The van der Waals surface area contributed by atoms with E-state index in [0.717, 1.165) is 25.7 Å². The molecule has 1 fully saturated rings. The van der Waals surface area contributed by atoms with Crippen molar-refractivity contribution in [1.29, 1.82) is 0 Å². The number of halogens is 1. The summed E-state index contributed by atoms with van der Waals surface area (Å²) in [6, 6.07) is 5.31. The maximum atomic E-state index is 13.3. The minimum Gasteiger partial charge on any atom is -0.417 e. The van der Waals surface area contributed by atoms with Gasteiger partial charge in [0, 0.05) is 6.04 Å². The number of carbonyl (C=O) groups excluding carboxylic acids is 1. The fourth-order valence-electron chi connectivity index (χ4n) is 2.94.